The summed E-state index contributed by atoms with van der Waals surface area (Å²) in [6.07, 6.45) is 0.960. The molecule has 0 saturated heterocycles. The van der Waals surface area contributed by atoms with Crippen LogP contribution in [-0.4, -0.2) is 36.1 Å². The van der Waals surface area contributed by atoms with E-state index in [1.807, 2.05) is 24.3 Å². The molecule has 0 bridgehead atoms. The molecule has 7 nitrogen and oxygen atoms in total. The van der Waals surface area contributed by atoms with Crippen LogP contribution in [0.2, 0.25) is 0 Å². The Morgan fingerprint density at radius 1 is 1.21 bits per heavy atom. The first-order valence-electron chi connectivity index (χ1n) is 9.29. The zero-order chi connectivity index (χ0) is 20.5. The monoisotopic (exact) mass is 411 g/mol. The number of hydrogen-bond donors (Lipinski definition) is 2. The Kier molecular flexibility index (Phi) is 5.10. The molecule has 1 aliphatic rings. The molecule has 2 aromatic heterocycles. The van der Waals surface area contributed by atoms with Gasteiger partial charge in [-0.2, -0.15) is 5.10 Å². The number of carbonyl (C=O) groups is 2. The van der Waals surface area contributed by atoms with Crippen LogP contribution in [0.25, 0.3) is 11.3 Å². The molecule has 1 amide bonds. The molecule has 1 atom stereocenters. The van der Waals surface area contributed by atoms with Gasteiger partial charge in [0.2, 0.25) is 5.91 Å². The number of H-pyrrole nitrogens is 1. The predicted octanol–water partition coefficient (Wildman–Crippen LogP) is 4.03. The number of aromatic amines is 1. The lowest BCUT2D eigenvalue weighted by Gasteiger charge is -2.21. The Labute approximate surface area is 172 Å². The molecule has 0 aliphatic carbocycles. The maximum Gasteiger partial charge on any atom is 0.226 e. The van der Waals surface area contributed by atoms with Crippen LogP contribution in [0, 0.1) is 0 Å². The molecule has 0 fully saturated rings. The molecule has 4 rings (SSSR count). The summed E-state index contributed by atoms with van der Waals surface area (Å²) in [6, 6.07) is 9.30. The van der Waals surface area contributed by atoms with Crippen molar-refractivity contribution in [2.24, 2.45) is 0 Å². The van der Waals surface area contributed by atoms with Crippen molar-refractivity contribution in [1.82, 2.24) is 10.2 Å². The number of thiophene rings is 1. The second-order valence-corrected chi connectivity index (χ2v) is 7.89. The third-order valence-electron chi connectivity index (χ3n) is 5.04. The number of nitrogens with zero attached hydrogens (tertiary/aromatic N) is 1. The fourth-order valence-corrected chi connectivity index (χ4v) is 4.51. The molecular weight excluding hydrogens is 390 g/mol. The highest BCUT2D eigenvalue weighted by Crippen LogP contribution is 2.42. The van der Waals surface area contributed by atoms with Crippen LogP contribution in [0.5, 0.6) is 11.5 Å². The average Bonchev–Trinajstić information content (AvgIpc) is 3.39. The second-order valence-electron chi connectivity index (χ2n) is 6.72. The van der Waals surface area contributed by atoms with Crippen LogP contribution in [0.3, 0.4) is 0 Å². The predicted molar refractivity (Wildman–Crippen MR) is 111 cm³/mol. The number of fused-ring (bicyclic) bond motifs is 1. The van der Waals surface area contributed by atoms with E-state index in [2.05, 4.69) is 22.4 Å². The van der Waals surface area contributed by atoms with E-state index in [0.717, 1.165) is 16.9 Å². The molecule has 1 unspecified atom stereocenters. The number of ketones is 1. The fraction of sp³-hybridized carbons (Fsp3) is 0.286. The molecular formula is C21H21N3O4S. The van der Waals surface area contributed by atoms with Crippen molar-refractivity contribution in [2.45, 2.75) is 25.7 Å². The van der Waals surface area contributed by atoms with Crippen molar-refractivity contribution in [3.8, 4) is 22.8 Å². The maximum atomic E-state index is 13.3. The Bertz CT molecular complexity index is 1090. The van der Waals surface area contributed by atoms with Crippen LogP contribution in [0.1, 0.15) is 39.4 Å². The van der Waals surface area contributed by atoms with E-state index >= 15 is 0 Å². The number of amides is 1. The average molecular weight is 411 g/mol. The number of nitrogens with one attached hydrogen (secondary N) is 2. The summed E-state index contributed by atoms with van der Waals surface area (Å²) in [5, 5.41) is 10.0. The first-order chi connectivity index (χ1) is 14.0. The van der Waals surface area contributed by atoms with Gasteiger partial charge in [-0.25, -0.2) is 0 Å². The van der Waals surface area contributed by atoms with Gasteiger partial charge in [-0.1, -0.05) is 6.92 Å². The number of carbonyl (C=O) groups excluding carboxylic acids is 2. The van der Waals surface area contributed by atoms with Crippen LogP contribution >= 0.6 is 11.3 Å². The summed E-state index contributed by atoms with van der Waals surface area (Å²) in [7, 11) is 3.14. The summed E-state index contributed by atoms with van der Waals surface area (Å²) < 4.78 is 10.7. The van der Waals surface area contributed by atoms with Gasteiger partial charge >= 0.3 is 0 Å². The van der Waals surface area contributed by atoms with Gasteiger partial charge in [0.1, 0.15) is 0 Å². The van der Waals surface area contributed by atoms with Crippen LogP contribution in [0.4, 0.5) is 5.82 Å². The molecule has 0 radical (unpaired) electrons. The summed E-state index contributed by atoms with van der Waals surface area (Å²) in [5.74, 6) is 0.709. The molecule has 0 spiro atoms. The van der Waals surface area contributed by atoms with E-state index < -0.39 is 5.92 Å². The van der Waals surface area contributed by atoms with Gasteiger partial charge in [-0.15, -0.1) is 11.3 Å². The second kappa shape index (κ2) is 7.71. The molecule has 3 aromatic rings. The highest BCUT2D eigenvalue weighted by Gasteiger charge is 2.36. The molecule has 3 heterocycles. The highest BCUT2D eigenvalue weighted by molar-refractivity contribution is 7.14. The third kappa shape index (κ3) is 3.40. The number of hydrogen-bond acceptors (Lipinski definition) is 6. The number of Topliss-reactive ketones (excluding diaryl/α,β-unsaturated/α-hetero) is 1. The largest absolute Gasteiger partial charge is 0.493 e. The number of benzene rings is 1. The number of ether oxygens (including phenoxy) is 2. The molecule has 0 saturated carbocycles. The smallest absolute Gasteiger partial charge is 0.226 e. The van der Waals surface area contributed by atoms with Gasteiger partial charge in [0.25, 0.3) is 0 Å². The number of rotatable bonds is 6. The Morgan fingerprint density at radius 3 is 2.69 bits per heavy atom. The van der Waals surface area contributed by atoms with Gasteiger partial charge < -0.3 is 14.8 Å². The Hall–Kier alpha value is -3.13. The van der Waals surface area contributed by atoms with Gasteiger partial charge in [-0.3, -0.25) is 14.7 Å². The number of aryl methyl sites for hydroxylation is 1. The van der Waals surface area contributed by atoms with Crippen molar-refractivity contribution < 1.29 is 19.1 Å². The molecule has 2 N–H and O–H groups in total. The SMILES string of the molecule is CCc1ccc(C(=O)C2CC(=O)Nc3n[nH]c(-c4ccc(OC)c(OC)c4)c32)s1. The lowest BCUT2D eigenvalue weighted by molar-refractivity contribution is -0.116. The summed E-state index contributed by atoms with van der Waals surface area (Å²) in [4.78, 5) is 27.3. The van der Waals surface area contributed by atoms with E-state index in [9.17, 15) is 9.59 Å². The number of aromatic nitrogens is 2. The molecule has 29 heavy (non-hydrogen) atoms. The highest BCUT2D eigenvalue weighted by atomic mass is 32.1. The molecule has 1 aliphatic heterocycles. The topological polar surface area (TPSA) is 93.3 Å². The summed E-state index contributed by atoms with van der Waals surface area (Å²) >= 11 is 1.48. The number of methoxy groups -OCH3 is 2. The lowest BCUT2D eigenvalue weighted by Crippen LogP contribution is -2.27. The minimum atomic E-state index is -0.594. The van der Waals surface area contributed by atoms with E-state index in [4.69, 9.17) is 9.47 Å². The van der Waals surface area contributed by atoms with Gasteiger partial charge in [0, 0.05) is 22.4 Å². The van der Waals surface area contributed by atoms with E-state index in [0.29, 0.717) is 33.5 Å². The minimum Gasteiger partial charge on any atom is -0.493 e. The van der Waals surface area contributed by atoms with Gasteiger partial charge in [0.15, 0.2) is 23.1 Å². The van der Waals surface area contributed by atoms with Gasteiger partial charge in [-0.05, 0) is 36.8 Å². The first kappa shape index (κ1) is 19.2. The Balaban J connectivity index is 1.79. The van der Waals surface area contributed by atoms with Crippen molar-refractivity contribution >= 4 is 28.8 Å². The first-order valence-corrected chi connectivity index (χ1v) is 10.1. The van der Waals surface area contributed by atoms with E-state index in [-0.39, 0.29) is 18.1 Å². The molecule has 150 valence electrons. The standard InChI is InChI=1S/C21H21N3O4S/c1-4-12-6-8-16(29-12)20(26)13-10-17(25)22-21-18(13)19(23-24-21)11-5-7-14(27-2)15(9-11)28-3/h5-9,13H,4,10H2,1-3H3,(H2,22,23,24,25). The minimum absolute atomic E-state index is 0.0612. The third-order valence-corrected chi connectivity index (χ3v) is 6.29. The van der Waals surface area contributed by atoms with Gasteiger partial charge in [0.05, 0.1) is 30.7 Å². The summed E-state index contributed by atoms with van der Waals surface area (Å²) in [5.41, 5.74) is 2.19. The zero-order valence-corrected chi connectivity index (χ0v) is 17.2. The van der Waals surface area contributed by atoms with Crippen molar-refractivity contribution in [2.75, 3.05) is 19.5 Å². The zero-order valence-electron chi connectivity index (χ0n) is 16.4. The van der Waals surface area contributed by atoms with Crippen molar-refractivity contribution in [1.29, 1.82) is 0 Å². The summed E-state index contributed by atoms with van der Waals surface area (Å²) in [6.45, 7) is 2.05. The van der Waals surface area contributed by atoms with E-state index in [1.165, 1.54) is 11.3 Å². The van der Waals surface area contributed by atoms with Crippen molar-refractivity contribution in [3.05, 3.63) is 45.6 Å². The lowest BCUT2D eigenvalue weighted by atomic mass is 9.86. The normalized spacial score (nSPS) is 15.6. The van der Waals surface area contributed by atoms with Crippen molar-refractivity contribution in [3.63, 3.8) is 0 Å². The molecule has 1 aromatic carbocycles. The van der Waals surface area contributed by atoms with E-state index in [1.54, 1.807) is 20.3 Å². The van der Waals surface area contributed by atoms with Crippen LogP contribution in [0.15, 0.2) is 30.3 Å². The fourth-order valence-electron chi connectivity index (χ4n) is 3.56. The molecule has 8 heteroatoms. The number of anilines is 1. The Morgan fingerprint density at radius 2 is 2.00 bits per heavy atom. The maximum absolute atomic E-state index is 13.3. The quantitative estimate of drug-likeness (QED) is 0.598. The van der Waals surface area contributed by atoms with Crippen LogP contribution in [-0.2, 0) is 11.2 Å². The van der Waals surface area contributed by atoms with Crippen LogP contribution < -0.4 is 14.8 Å².